The van der Waals surface area contributed by atoms with Gasteiger partial charge in [-0.15, -0.1) is 6.42 Å². The zero-order valence-corrected chi connectivity index (χ0v) is 9.10. The molecule has 2 heteroatoms. The average Bonchev–Trinajstić information content (AvgIpc) is 2.39. The third kappa shape index (κ3) is 2.79. The van der Waals surface area contributed by atoms with Gasteiger partial charge in [-0.25, -0.2) is 9.38 Å². The van der Waals surface area contributed by atoms with E-state index in [1.165, 1.54) is 12.1 Å². The fourth-order valence-corrected chi connectivity index (χ4v) is 1.42. The number of halogens is 1. The lowest BCUT2D eigenvalue weighted by molar-refractivity contribution is 0.628. The molecule has 0 aliphatic heterocycles. The largest absolute Gasteiger partial charge is 0.239 e. The number of hydrogen-bond acceptors (Lipinski definition) is 1. The fourth-order valence-electron chi connectivity index (χ4n) is 1.42. The van der Waals surface area contributed by atoms with Crippen molar-refractivity contribution in [2.24, 2.45) is 4.99 Å². The van der Waals surface area contributed by atoms with Crippen LogP contribution in [0.1, 0.15) is 5.56 Å². The van der Waals surface area contributed by atoms with Crippen LogP contribution in [0.15, 0.2) is 59.6 Å². The van der Waals surface area contributed by atoms with Crippen LogP contribution in [-0.4, -0.2) is 5.71 Å². The van der Waals surface area contributed by atoms with E-state index in [0.717, 1.165) is 5.56 Å². The van der Waals surface area contributed by atoms with Gasteiger partial charge in [0.25, 0.3) is 0 Å². The molecule has 1 nitrogen and oxygen atoms in total. The van der Waals surface area contributed by atoms with E-state index in [1.807, 2.05) is 30.3 Å². The highest BCUT2D eigenvalue weighted by Gasteiger charge is 1.99. The second-order valence-corrected chi connectivity index (χ2v) is 3.45. The van der Waals surface area contributed by atoms with E-state index in [1.54, 1.807) is 12.1 Å². The Morgan fingerprint density at radius 2 is 1.65 bits per heavy atom. The summed E-state index contributed by atoms with van der Waals surface area (Å²) >= 11 is 0. The maximum absolute atomic E-state index is 12.7. The van der Waals surface area contributed by atoms with Crippen LogP contribution < -0.4 is 0 Å². The molecule has 0 fully saturated rings. The van der Waals surface area contributed by atoms with Crippen LogP contribution in [0.2, 0.25) is 0 Å². The van der Waals surface area contributed by atoms with E-state index >= 15 is 0 Å². The Bertz CT molecular complexity index is 562. The zero-order valence-electron chi connectivity index (χ0n) is 9.10. The van der Waals surface area contributed by atoms with Crippen LogP contribution in [0, 0.1) is 18.2 Å². The monoisotopic (exact) mass is 223 g/mol. The minimum Gasteiger partial charge on any atom is -0.239 e. The van der Waals surface area contributed by atoms with Gasteiger partial charge in [-0.3, -0.25) is 0 Å². The van der Waals surface area contributed by atoms with Crippen molar-refractivity contribution in [3.63, 3.8) is 0 Å². The maximum atomic E-state index is 12.7. The summed E-state index contributed by atoms with van der Waals surface area (Å²) in [5.74, 6) is 2.25. The third-order valence-corrected chi connectivity index (χ3v) is 2.25. The van der Waals surface area contributed by atoms with Gasteiger partial charge in [0.15, 0.2) is 0 Å². The normalized spacial score (nSPS) is 10.9. The van der Waals surface area contributed by atoms with E-state index in [2.05, 4.69) is 10.9 Å². The molecule has 2 aromatic rings. The number of hydrogen-bond donors (Lipinski definition) is 0. The van der Waals surface area contributed by atoms with Gasteiger partial charge in [-0.1, -0.05) is 30.3 Å². The first kappa shape index (κ1) is 11.1. The molecule has 0 spiro atoms. The second kappa shape index (κ2) is 5.09. The highest BCUT2D eigenvalue weighted by molar-refractivity contribution is 6.13. The highest BCUT2D eigenvalue weighted by Crippen LogP contribution is 2.14. The molecule has 0 unspecified atom stereocenters. The second-order valence-electron chi connectivity index (χ2n) is 3.45. The summed E-state index contributed by atoms with van der Waals surface area (Å²) in [6.45, 7) is 0. The summed E-state index contributed by atoms with van der Waals surface area (Å²) in [5, 5.41) is 0. The lowest BCUT2D eigenvalue weighted by Crippen LogP contribution is -1.95. The molecule has 0 saturated heterocycles. The Labute approximate surface area is 99.6 Å². The fraction of sp³-hybridized carbons (Fsp3) is 0. The van der Waals surface area contributed by atoms with E-state index in [4.69, 9.17) is 6.42 Å². The minimum atomic E-state index is -0.286. The van der Waals surface area contributed by atoms with Crippen LogP contribution >= 0.6 is 0 Å². The molecule has 0 atom stereocenters. The SMILES string of the molecule is C#CC(=Nc1ccc(F)cc1)c1ccccc1. The zero-order chi connectivity index (χ0) is 12.1. The summed E-state index contributed by atoms with van der Waals surface area (Å²) in [5.41, 5.74) is 2.06. The summed E-state index contributed by atoms with van der Waals surface area (Å²) < 4.78 is 12.7. The molecule has 0 radical (unpaired) electrons. The van der Waals surface area contributed by atoms with Crippen LogP contribution in [0.25, 0.3) is 0 Å². The van der Waals surface area contributed by atoms with Crippen molar-refractivity contribution in [3.05, 3.63) is 66.0 Å². The van der Waals surface area contributed by atoms with Gasteiger partial charge in [-0.2, -0.15) is 0 Å². The number of benzene rings is 2. The van der Waals surface area contributed by atoms with E-state index < -0.39 is 0 Å². The molecule has 0 amide bonds. The van der Waals surface area contributed by atoms with Crippen LogP contribution in [0.4, 0.5) is 10.1 Å². The maximum Gasteiger partial charge on any atom is 0.123 e. The molecule has 0 aliphatic carbocycles. The minimum absolute atomic E-state index is 0.286. The molecule has 82 valence electrons. The Morgan fingerprint density at radius 1 is 1.00 bits per heavy atom. The lowest BCUT2D eigenvalue weighted by atomic mass is 10.1. The molecule has 0 aromatic heterocycles. The van der Waals surface area contributed by atoms with Crippen molar-refractivity contribution in [2.75, 3.05) is 0 Å². The van der Waals surface area contributed by atoms with Crippen molar-refractivity contribution < 1.29 is 4.39 Å². The summed E-state index contributed by atoms with van der Waals surface area (Å²) in [7, 11) is 0. The standard InChI is InChI=1S/C15H10FN/c1-2-15(12-6-4-3-5-7-12)17-14-10-8-13(16)9-11-14/h1,3-11H. The van der Waals surface area contributed by atoms with Gasteiger partial charge in [0.2, 0.25) is 0 Å². The van der Waals surface area contributed by atoms with Gasteiger partial charge in [0.1, 0.15) is 11.5 Å². The van der Waals surface area contributed by atoms with E-state index in [-0.39, 0.29) is 5.82 Å². The van der Waals surface area contributed by atoms with Crippen LogP contribution in [0.3, 0.4) is 0 Å². The smallest absolute Gasteiger partial charge is 0.123 e. The Balaban J connectivity index is 2.37. The molecule has 0 bridgehead atoms. The van der Waals surface area contributed by atoms with Gasteiger partial charge in [-0.05, 0) is 30.2 Å². The lowest BCUT2D eigenvalue weighted by Gasteiger charge is -1.99. The van der Waals surface area contributed by atoms with Gasteiger partial charge in [0.05, 0.1) is 5.69 Å². The third-order valence-electron chi connectivity index (χ3n) is 2.25. The predicted octanol–water partition coefficient (Wildman–Crippen LogP) is 3.58. The Kier molecular flexibility index (Phi) is 3.32. The van der Waals surface area contributed by atoms with Crippen molar-refractivity contribution in [3.8, 4) is 12.3 Å². The van der Waals surface area contributed by atoms with Gasteiger partial charge < -0.3 is 0 Å². The molecular weight excluding hydrogens is 213 g/mol. The summed E-state index contributed by atoms with van der Waals surface area (Å²) in [6.07, 6.45) is 5.43. The van der Waals surface area contributed by atoms with E-state index in [9.17, 15) is 4.39 Å². The van der Waals surface area contributed by atoms with Gasteiger partial charge >= 0.3 is 0 Å². The Morgan fingerprint density at radius 3 is 2.24 bits per heavy atom. The molecular formula is C15H10FN. The number of nitrogens with zero attached hydrogens (tertiary/aromatic N) is 1. The number of rotatable bonds is 2. The predicted molar refractivity (Wildman–Crippen MR) is 67.9 cm³/mol. The average molecular weight is 223 g/mol. The van der Waals surface area contributed by atoms with Crippen molar-refractivity contribution in [1.29, 1.82) is 0 Å². The summed E-state index contributed by atoms with van der Waals surface area (Å²) in [6, 6.07) is 15.4. The van der Waals surface area contributed by atoms with Crippen molar-refractivity contribution in [2.45, 2.75) is 0 Å². The first-order valence-electron chi connectivity index (χ1n) is 5.16. The Hall–Kier alpha value is -2.40. The molecule has 0 N–H and O–H groups in total. The topological polar surface area (TPSA) is 12.4 Å². The highest BCUT2D eigenvalue weighted by atomic mass is 19.1. The first-order chi connectivity index (χ1) is 8.29. The van der Waals surface area contributed by atoms with Crippen molar-refractivity contribution >= 4 is 11.4 Å². The molecule has 0 aliphatic rings. The number of aliphatic imine (C=N–C) groups is 1. The molecule has 0 heterocycles. The summed E-state index contributed by atoms with van der Waals surface area (Å²) in [4.78, 5) is 4.30. The van der Waals surface area contributed by atoms with Crippen molar-refractivity contribution in [1.82, 2.24) is 0 Å². The van der Waals surface area contributed by atoms with Gasteiger partial charge in [0, 0.05) is 5.56 Å². The molecule has 2 aromatic carbocycles. The quantitative estimate of drug-likeness (QED) is 0.545. The van der Waals surface area contributed by atoms with E-state index in [0.29, 0.717) is 11.4 Å². The first-order valence-corrected chi connectivity index (χ1v) is 5.16. The molecule has 0 saturated carbocycles. The molecule has 17 heavy (non-hydrogen) atoms. The van der Waals surface area contributed by atoms with Crippen LogP contribution in [0.5, 0.6) is 0 Å². The number of terminal acetylenes is 1. The molecule has 2 rings (SSSR count). The van der Waals surface area contributed by atoms with Crippen LogP contribution in [-0.2, 0) is 0 Å².